The Morgan fingerprint density at radius 1 is 1.50 bits per heavy atom. The van der Waals surface area contributed by atoms with E-state index in [4.69, 9.17) is 16.3 Å². The number of benzene rings is 1. The normalized spacial score (nSPS) is 12.6. The first-order chi connectivity index (χ1) is 6.63. The highest BCUT2D eigenvalue weighted by Crippen LogP contribution is 2.23. The van der Waals surface area contributed by atoms with E-state index < -0.39 is 0 Å². The van der Waals surface area contributed by atoms with Crippen LogP contribution in [0.5, 0.6) is 0 Å². The molecule has 0 spiro atoms. The molecule has 0 aliphatic rings. The van der Waals surface area contributed by atoms with Crippen molar-refractivity contribution < 1.29 is 4.74 Å². The molecule has 1 rings (SSSR count). The van der Waals surface area contributed by atoms with Crippen LogP contribution >= 0.6 is 11.6 Å². The zero-order valence-corrected chi connectivity index (χ0v) is 9.56. The number of anilines is 1. The lowest BCUT2D eigenvalue weighted by atomic mass is 10.2. The van der Waals surface area contributed by atoms with Crippen molar-refractivity contribution in [3.05, 3.63) is 28.8 Å². The molecule has 1 aromatic rings. The predicted molar refractivity (Wildman–Crippen MR) is 61.1 cm³/mol. The lowest BCUT2D eigenvalue weighted by Gasteiger charge is -2.15. The van der Waals surface area contributed by atoms with Crippen LogP contribution in [-0.4, -0.2) is 19.8 Å². The van der Waals surface area contributed by atoms with E-state index in [2.05, 4.69) is 12.2 Å². The van der Waals surface area contributed by atoms with Gasteiger partial charge in [-0.05, 0) is 31.5 Å². The molecule has 0 aliphatic carbocycles. The summed E-state index contributed by atoms with van der Waals surface area (Å²) in [6, 6.07) is 6.20. The van der Waals surface area contributed by atoms with E-state index >= 15 is 0 Å². The summed E-state index contributed by atoms with van der Waals surface area (Å²) >= 11 is 6.04. The van der Waals surface area contributed by atoms with Gasteiger partial charge >= 0.3 is 0 Å². The first-order valence-corrected chi connectivity index (χ1v) is 5.03. The Bertz CT molecular complexity index is 301. The molecule has 0 radical (unpaired) electrons. The van der Waals surface area contributed by atoms with Crippen LogP contribution in [-0.2, 0) is 4.74 Å². The van der Waals surface area contributed by atoms with Crippen molar-refractivity contribution in [2.24, 2.45) is 0 Å². The third kappa shape index (κ3) is 3.20. The topological polar surface area (TPSA) is 21.3 Å². The second kappa shape index (κ2) is 5.23. The highest BCUT2D eigenvalue weighted by atomic mass is 35.5. The molecule has 3 heteroatoms. The molecule has 1 unspecified atom stereocenters. The molecule has 0 bridgehead atoms. The zero-order chi connectivity index (χ0) is 10.6. The van der Waals surface area contributed by atoms with Crippen molar-refractivity contribution in [3.8, 4) is 0 Å². The van der Waals surface area contributed by atoms with Crippen LogP contribution in [0.4, 0.5) is 5.69 Å². The molecule has 0 saturated carbocycles. The predicted octanol–water partition coefficient (Wildman–Crippen LogP) is 3.10. The number of methoxy groups -OCH3 is 1. The van der Waals surface area contributed by atoms with E-state index in [-0.39, 0.29) is 6.04 Å². The van der Waals surface area contributed by atoms with Gasteiger partial charge in [0.05, 0.1) is 17.3 Å². The fourth-order valence-electron chi connectivity index (χ4n) is 1.31. The van der Waals surface area contributed by atoms with Crippen molar-refractivity contribution in [1.29, 1.82) is 0 Å². The highest BCUT2D eigenvalue weighted by Gasteiger charge is 2.04. The Morgan fingerprint density at radius 3 is 2.86 bits per heavy atom. The lowest BCUT2D eigenvalue weighted by Crippen LogP contribution is -2.20. The van der Waals surface area contributed by atoms with E-state index in [1.165, 1.54) is 5.56 Å². The molecule has 1 atom stereocenters. The Labute approximate surface area is 90.2 Å². The van der Waals surface area contributed by atoms with Crippen LogP contribution in [0.1, 0.15) is 12.5 Å². The molecular formula is C11H16ClNO. The van der Waals surface area contributed by atoms with Crippen molar-refractivity contribution in [2.75, 3.05) is 19.0 Å². The molecule has 0 aliphatic heterocycles. The van der Waals surface area contributed by atoms with Gasteiger partial charge in [0.25, 0.3) is 0 Å². The molecule has 0 fully saturated rings. The number of hydrogen-bond donors (Lipinski definition) is 1. The monoisotopic (exact) mass is 213 g/mol. The molecule has 14 heavy (non-hydrogen) atoms. The fourth-order valence-corrected chi connectivity index (χ4v) is 1.48. The van der Waals surface area contributed by atoms with Crippen LogP contribution in [0, 0.1) is 6.92 Å². The number of halogens is 1. The Hall–Kier alpha value is -0.730. The third-order valence-electron chi connectivity index (χ3n) is 1.94. The summed E-state index contributed by atoms with van der Waals surface area (Å²) in [7, 11) is 1.69. The van der Waals surface area contributed by atoms with Crippen LogP contribution in [0.3, 0.4) is 0 Å². The number of aryl methyl sites for hydroxylation is 1. The average Bonchev–Trinajstić information content (AvgIpc) is 2.12. The van der Waals surface area contributed by atoms with Crippen molar-refractivity contribution >= 4 is 17.3 Å². The first kappa shape index (κ1) is 11.3. The summed E-state index contributed by atoms with van der Waals surface area (Å²) < 4.78 is 5.04. The minimum atomic E-state index is 0.263. The van der Waals surface area contributed by atoms with E-state index in [0.717, 1.165) is 10.7 Å². The van der Waals surface area contributed by atoms with Crippen LogP contribution < -0.4 is 5.32 Å². The second-order valence-electron chi connectivity index (χ2n) is 3.48. The van der Waals surface area contributed by atoms with Gasteiger partial charge in [-0.25, -0.2) is 0 Å². The molecular weight excluding hydrogens is 198 g/mol. The van der Waals surface area contributed by atoms with Gasteiger partial charge in [-0.3, -0.25) is 0 Å². The maximum absolute atomic E-state index is 6.04. The van der Waals surface area contributed by atoms with Gasteiger partial charge < -0.3 is 10.1 Å². The molecule has 0 heterocycles. The minimum absolute atomic E-state index is 0.263. The fraction of sp³-hybridized carbons (Fsp3) is 0.455. The zero-order valence-electron chi connectivity index (χ0n) is 8.80. The van der Waals surface area contributed by atoms with Gasteiger partial charge in [0.15, 0.2) is 0 Å². The van der Waals surface area contributed by atoms with Gasteiger partial charge in [-0.1, -0.05) is 17.7 Å². The maximum Gasteiger partial charge on any atom is 0.0661 e. The summed E-state index contributed by atoms with van der Waals surface area (Å²) in [5, 5.41) is 4.04. The standard InChI is InChI=1S/C11H16ClNO/c1-8-4-5-10(12)11(6-8)13-9(2)7-14-3/h4-6,9,13H,7H2,1-3H3. The number of rotatable bonds is 4. The molecule has 0 aromatic heterocycles. The number of ether oxygens (including phenoxy) is 1. The van der Waals surface area contributed by atoms with Crippen molar-refractivity contribution in [2.45, 2.75) is 19.9 Å². The Kier molecular flexibility index (Phi) is 4.23. The van der Waals surface area contributed by atoms with E-state index in [1.807, 2.05) is 25.1 Å². The van der Waals surface area contributed by atoms with Crippen molar-refractivity contribution in [3.63, 3.8) is 0 Å². The van der Waals surface area contributed by atoms with Crippen molar-refractivity contribution in [1.82, 2.24) is 0 Å². The highest BCUT2D eigenvalue weighted by molar-refractivity contribution is 6.33. The van der Waals surface area contributed by atoms with E-state index in [1.54, 1.807) is 7.11 Å². The van der Waals surface area contributed by atoms with Gasteiger partial charge in [-0.2, -0.15) is 0 Å². The van der Waals surface area contributed by atoms with Gasteiger partial charge in [0.2, 0.25) is 0 Å². The summed E-state index contributed by atoms with van der Waals surface area (Å²) in [6.07, 6.45) is 0. The summed E-state index contributed by atoms with van der Waals surface area (Å²) in [5.74, 6) is 0. The summed E-state index contributed by atoms with van der Waals surface area (Å²) in [5.41, 5.74) is 2.16. The molecule has 1 N–H and O–H groups in total. The summed E-state index contributed by atoms with van der Waals surface area (Å²) in [4.78, 5) is 0. The Morgan fingerprint density at radius 2 is 2.21 bits per heavy atom. The Balaban J connectivity index is 2.70. The van der Waals surface area contributed by atoms with E-state index in [9.17, 15) is 0 Å². The van der Waals surface area contributed by atoms with Crippen LogP contribution in [0.15, 0.2) is 18.2 Å². The summed E-state index contributed by atoms with van der Waals surface area (Å²) in [6.45, 7) is 4.77. The lowest BCUT2D eigenvalue weighted by molar-refractivity contribution is 0.190. The molecule has 2 nitrogen and oxygen atoms in total. The largest absolute Gasteiger partial charge is 0.383 e. The smallest absolute Gasteiger partial charge is 0.0661 e. The van der Waals surface area contributed by atoms with E-state index in [0.29, 0.717) is 6.61 Å². The molecule has 0 amide bonds. The average molecular weight is 214 g/mol. The SMILES string of the molecule is COCC(C)Nc1cc(C)ccc1Cl. The van der Waals surface area contributed by atoms with Gasteiger partial charge in [0, 0.05) is 13.2 Å². The first-order valence-electron chi connectivity index (χ1n) is 4.65. The van der Waals surface area contributed by atoms with Crippen LogP contribution in [0.25, 0.3) is 0 Å². The second-order valence-corrected chi connectivity index (χ2v) is 3.89. The van der Waals surface area contributed by atoms with Gasteiger partial charge in [-0.15, -0.1) is 0 Å². The molecule has 1 aromatic carbocycles. The third-order valence-corrected chi connectivity index (χ3v) is 2.27. The van der Waals surface area contributed by atoms with Crippen LogP contribution in [0.2, 0.25) is 5.02 Å². The molecule has 0 saturated heterocycles. The maximum atomic E-state index is 6.04. The minimum Gasteiger partial charge on any atom is -0.383 e. The number of nitrogens with one attached hydrogen (secondary N) is 1. The van der Waals surface area contributed by atoms with Gasteiger partial charge in [0.1, 0.15) is 0 Å². The molecule has 78 valence electrons. The number of hydrogen-bond acceptors (Lipinski definition) is 2. The quantitative estimate of drug-likeness (QED) is 0.830.